The van der Waals surface area contributed by atoms with Gasteiger partial charge in [0, 0.05) is 0 Å². The fraction of sp³-hybridized carbons (Fsp3) is 0.500. The van der Waals surface area contributed by atoms with Gasteiger partial charge >= 0.3 is 0 Å². The van der Waals surface area contributed by atoms with E-state index in [0.717, 1.165) is 44.6 Å². The van der Waals surface area contributed by atoms with E-state index >= 15 is 0 Å². The van der Waals surface area contributed by atoms with Crippen LogP contribution in [0.3, 0.4) is 0 Å². The zero-order valence-electron chi connectivity index (χ0n) is 17.8. The highest BCUT2D eigenvalue weighted by molar-refractivity contribution is 6.32. The molecule has 0 aliphatic rings. The molecule has 2 rings (SSSR count). The smallest absolute Gasteiger partial charge is 0.179 e. The summed E-state index contributed by atoms with van der Waals surface area (Å²) in [6.45, 7) is 4.17. The van der Waals surface area contributed by atoms with E-state index in [2.05, 4.69) is 41.0 Å². The van der Waals surface area contributed by atoms with Crippen LogP contribution in [0.25, 0.3) is 0 Å². The minimum Gasteiger partial charge on any atom is -0.493 e. The summed E-state index contributed by atoms with van der Waals surface area (Å²) in [7, 11) is 3.24. The fourth-order valence-electron chi connectivity index (χ4n) is 3.33. The van der Waals surface area contributed by atoms with Crippen LogP contribution < -0.4 is 20.1 Å². The van der Waals surface area contributed by atoms with Crippen LogP contribution in [0.1, 0.15) is 36.8 Å². The molecule has 0 bridgehead atoms. The summed E-state index contributed by atoms with van der Waals surface area (Å²) in [6, 6.07) is 14.6. The Bertz CT molecular complexity index is 695. The summed E-state index contributed by atoms with van der Waals surface area (Å²) in [4.78, 5) is 0. The van der Waals surface area contributed by atoms with E-state index in [9.17, 15) is 0 Å². The number of benzene rings is 2. The number of ether oxygens (including phenoxy) is 2. The van der Waals surface area contributed by atoms with Crippen LogP contribution >= 0.6 is 11.6 Å². The second-order valence-corrected chi connectivity index (χ2v) is 7.62. The molecule has 0 aromatic heterocycles. The van der Waals surface area contributed by atoms with E-state index in [1.54, 1.807) is 14.2 Å². The molecule has 0 saturated heterocycles. The second kappa shape index (κ2) is 14.3. The minimum absolute atomic E-state index is 0.597. The Morgan fingerprint density at radius 3 is 1.93 bits per heavy atom. The second-order valence-electron chi connectivity index (χ2n) is 7.21. The monoisotopic (exact) mass is 418 g/mol. The summed E-state index contributed by atoms with van der Waals surface area (Å²) in [5.74, 6) is 1.29. The molecule has 2 aromatic carbocycles. The summed E-state index contributed by atoms with van der Waals surface area (Å²) < 4.78 is 10.6. The molecule has 0 amide bonds. The molecule has 29 heavy (non-hydrogen) atoms. The Kier molecular flexibility index (Phi) is 11.6. The van der Waals surface area contributed by atoms with Gasteiger partial charge in [0.05, 0.1) is 19.2 Å². The number of hydrogen-bond acceptors (Lipinski definition) is 4. The number of unbranched alkanes of at least 4 members (excludes halogenated alkanes) is 3. The average molecular weight is 419 g/mol. The van der Waals surface area contributed by atoms with Gasteiger partial charge in [-0.25, -0.2) is 0 Å². The van der Waals surface area contributed by atoms with E-state index in [4.69, 9.17) is 21.1 Å². The lowest BCUT2D eigenvalue weighted by Gasteiger charge is -2.12. The van der Waals surface area contributed by atoms with Crippen molar-refractivity contribution in [2.24, 2.45) is 0 Å². The molecule has 5 heteroatoms. The van der Waals surface area contributed by atoms with Crippen molar-refractivity contribution in [3.63, 3.8) is 0 Å². The van der Waals surface area contributed by atoms with Gasteiger partial charge in [-0.3, -0.25) is 0 Å². The first-order chi connectivity index (χ1) is 14.2. The Hall–Kier alpha value is -1.75. The van der Waals surface area contributed by atoms with Crippen molar-refractivity contribution in [2.75, 3.05) is 40.4 Å². The molecular weight excluding hydrogens is 384 g/mol. The van der Waals surface area contributed by atoms with Crippen LogP contribution in [0.15, 0.2) is 42.5 Å². The third kappa shape index (κ3) is 9.07. The number of nitrogens with one attached hydrogen (secondary N) is 2. The first-order valence-electron chi connectivity index (χ1n) is 10.6. The largest absolute Gasteiger partial charge is 0.493 e. The lowest BCUT2D eigenvalue weighted by molar-refractivity contribution is 0.354. The predicted octanol–water partition coefficient (Wildman–Crippen LogP) is 4.88. The standard InChI is InChI=1S/C24H35ClN2O2/c1-28-23-19-21(18-22(25)24(23)29-2)13-17-27-15-9-4-3-8-14-26-16-12-20-10-6-5-7-11-20/h5-7,10-11,18-19,26-27H,3-4,8-9,12-17H2,1-2H3. The highest BCUT2D eigenvalue weighted by Gasteiger charge is 2.10. The average Bonchev–Trinajstić information content (AvgIpc) is 2.74. The molecule has 0 fully saturated rings. The van der Waals surface area contributed by atoms with Gasteiger partial charge in [-0.1, -0.05) is 54.8 Å². The number of halogens is 1. The maximum Gasteiger partial charge on any atom is 0.179 e. The SMILES string of the molecule is COc1cc(CCNCCCCCCNCCc2ccccc2)cc(Cl)c1OC. The molecule has 0 aliphatic heterocycles. The molecule has 0 aliphatic carbocycles. The van der Waals surface area contributed by atoms with Gasteiger partial charge < -0.3 is 20.1 Å². The number of methoxy groups -OCH3 is 2. The maximum atomic E-state index is 6.26. The summed E-state index contributed by atoms with van der Waals surface area (Å²) in [5, 5.41) is 7.65. The van der Waals surface area contributed by atoms with E-state index in [1.807, 2.05) is 12.1 Å². The van der Waals surface area contributed by atoms with E-state index < -0.39 is 0 Å². The van der Waals surface area contributed by atoms with Crippen molar-refractivity contribution in [3.8, 4) is 11.5 Å². The van der Waals surface area contributed by atoms with Gasteiger partial charge in [0.25, 0.3) is 0 Å². The zero-order valence-corrected chi connectivity index (χ0v) is 18.6. The van der Waals surface area contributed by atoms with Crippen LogP contribution in [0, 0.1) is 0 Å². The summed E-state index contributed by atoms with van der Waals surface area (Å²) in [6.07, 6.45) is 7.05. The first-order valence-corrected chi connectivity index (χ1v) is 11.0. The molecule has 0 heterocycles. The predicted molar refractivity (Wildman–Crippen MR) is 123 cm³/mol. The quantitative estimate of drug-likeness (QED) is 0.404. The lowest BCUT2D eigenvalue weighted by atomic mass is 10.1. The van der Waals surface area contributed by atoms with Gasteiger partial charge in [-0.05, 0) is 75.1 Å². The molecule has 0 radical (unpaired) electrons. The van der Waals surface area contributed by atoms with E-state index in [-0.39, 0.29) is 0 Å². The van der Waals surface area contributed by atoms with Crippen molar-refractivity contribution >= 4 is 11.6 Å². The van der Waals surface area contributed by atoms with Gasteiger partial charge in [-0.2, -0.15) is 0 Å². The molecular formula is C24H35ClN2O2. The van der Waals surface area contributed by atoms with Gasteiger partial charge in [0.2, 0.25) is 0 Å². The normalized spacial score (nSPS) is 10.9. The van der Waals surface area contributed by atoms with Crippen LogP contribution in [-0.4, -0.2) is 40.4 Å². The topological polar surface area (TPSA) is 42.5 Å². The zero-order chi connectivity index (χ0) is 20.7. The molecule has 2 aromatic rings. The first kappa shape index (κ1) is 23.5. The highest BCUT2D eigenvalue weighted by atomic mass is 35.5. The summed E-state index contributed by atoms with van der Waals surface area (Å²) in [5.41, 5.74) is 2.56. The van der Waals surface area contributed by atoms with E-state index in [0.29, 0.717) is 16.5 Å². The molecule has 160 valence electrons. The van der Waals surface area contributed by atoms with Crippen molar-refractivity contribution in [1.82, 2.24) is 10.6 Å². The minimum atomic E-state index is 0.597. The van der Waals surface area contributed by atoms with Crippen molar-refractivity contribution in [2.45, 2.75) is 38.5 Å². The van der Waals surface area contributed by atoms with Crippen LogP contribution in [0.5, 0.6) is 11.5 Å². The van der Waals surface area contributed by atoms with Crippen molar-refractivity contribution < 1.29 is 9.47 Å². The number of hydrogen-bond donors (Lipinski definition) is 2. The molecule has 0 spiro atoms. The number of rotatable bonds is 15. The Balaban J connectivity index is 1.45. The maximum absolute atomic E-state index is 6.26. The molecule has 0 unspecified atom stereocenters. The van der Waals surface area contributed by atoms with Gasteiger partial charge in [0.15, 0.2) is 11.5 Å². The molecule has 0 atom stereocenters. The molecule has 0 saturated carbocycles. The molecule has 4 nitrogen and oxygen atoms in total. The Morgan fingerprint density at radius 2 is 1.34 bits per heavy atom. The third-order valence-electron chi connectivity index (χ3n) is 4.97. The van der Waals surface area contributed by atoms with Crippen molar-refractivity contribution in [1.29, 1.82) is 0 Å². The van der Waals surface area contributed by atoms with Gasteiger partial charge in [-0.15, -0.1) is 0 Å². The molecule has 2 N–H and O–H groups in total. The fourth-order valence-corrected chi connectivity index (χ4v) is 3.64. The van der Waals surface area contributed by atoms with Crippen LogP contribution in [0.4, 0.5) is 0 Å². The lowest BCUT2D eigenvalue weighted by Crippen LogP contribution is -2.19. The highest BCUT2D eigenvalue weighted by Crippen LogP contribution is 2.36. The van der Waals surface area contributed by atoms with Crippen LogP contribution in [-0.2, 0) is 12.8 Å². The Morgan fingerprint density at radius 1 is 0.724 bits per heavy atom. The van der Waals surface area contributed by atoms with Gasteiger partial charge in [0.1, 0.15) is 0 Å². The van der Waals surface area contributed by atoms with Crippen molar-refractivity contribution in [3.05, 3.63) is 58.6 Å². The summed E-state index contributed by atoms with van der Waals surface area (Å²) >= 11 is 6.26. The Labute approximate surface area is 180 Å². The third-order valence-corrected chi connectivity index (χ3v) is 5.25. The van der Waals surface area contributed by atoms with Crippen LogP contribution in [0.2, 0.25) is 5.02 Å². The van der Waals surface area contributed by atoms with E-state index in [1.165, 1.54) is 31.2 Å².